The van der Waals surface area contributed by atoms with Gasteiger partial charge in [0.2, 0.25) is 0 Å². The lowest BCUT2D eigenvalue weighted by molar-refractivity contribution is -0.0329. The second kappa shape index (κ2) is 8.71. The van der Waals surface area contributed by atoms with Crippen LogP contribution in [0.3, 0.4) is 0 Å². The van der Waals surface area contributed by atoms with Gasteiger partial charge in [0.15, 0.2) is 0 Å². The molecule has 1 N–H and O–H groups in total. The minimum absolute atomic E-state index is 0.0990. The number of thioether (sulfide) groups is 1. The first-order chi connectivity index (χ1) is 13.3. The van der Waals surface area contributed by atoms with Gasteiger partial charge in [-0.15, -0.1) is 0 Å². The van der Waals surface area contributed by atoms with Gasteiger partial charge in [0.05, 0.1) is 5.56 Å². The lowest BCUT2D eigenvalue weighted by Gasteiger charge is -2.38. The Labute approximate surface area is 169 Å². The lowest BCUT2D eigenvalue weighted by atomic mass is 9.74. The molecule has 1 aromatic heterocycles. The van der Waals surface area contributed by atoms with Gasteiger partial charge < -0.3 is 10.1 Å². The SMILES string of the molecule is O=C(NCC1(c2cccc(Cl)c2)CCOCC1)c1cccnc1SC(F)(F)F. The molecule has 2 aromatic rings. The molecule has 0 bridgehead atoms. The summed E-state index contributed by atoms with van der Waals surface area (Å²) in [6.45, 7) is 1.33. The normalized spacial score (nSPS) is 16.6. The fourth-order valence-corrected chi connectivity index (χ4v) is 4.04. The molecule has 0 spiro atoms. The Kier molecular flexibility index (Phi) is 6.52. The van der Waals surface area contributed by atoms with Crippen LogP contribution in [0.5, 0.6) is 0 Å². The number of halogens is 4. The number of hydrogen-bond acceptors (Lipinski definition) is 4. The first-order valence-corrected chi connectivity index (χ1v) is 9.81. The van der Waals surface area contributed by atoms with Crippen LogP contribution in [0, 0.1) is 0 Å². The summed E-state index contributed by atoms with van der Waals surface area (Å²) in [6, 6.07) is 10.2. The third-order valence-electron chi connectivity index (χ3n) is 4.70. The summed E-state index contributed by atoms with van der Waals surface area (Å²) in [5.41, 5.74) is -4.04. The Morgan fingerprint density at radius 2 is 2.00 bits per heavy atom. The van der Waals surface area contributed by atoms with E-state index in [1.165, 1.54) is 18.3 Å². The molecule has 1 amide bonds. The topological polar surface area (TPSA) is 51.2 Å². The molecule has 150 valence electrons. The van der Waals surface area contributed by atoms with E-state index in [1.54, 1.807) is 6.07 Å². The van der Waals surface area contributed by atoms with Crippen molar-refractivity contribution in [2.45, 2.75) is 28.8 Å². The second-order valence-corrected chi connectivity index (χ2v) is 7.98. The first kappa shape index (κ1) is 21.0. The van der Waals surface area contributed by atoms with Gasteiger partial charge in [0.25, 0.3) is 5.91 Å². The molecule has 1 aliphatic rings. The molecular weight excluding hydrogens is 413 g/mol. The molecule has 2 heterocycles. The monoisotopic (exact) mass is 430 g/mol. The number of hydrogen-bond donors (Lipinski definition) is 1. The molecule has 3 rings (SSSR count). The van der Waals surface area contributed by atoms with E-state index in [4.69, 9.17) is 16.3 Å². The van der Waals surface area contributed by atoms with Crippen molar-refractivity contribution in [2.24, 2.45) is 0 Å². The number of nitrogens with zero attached hydrogens (tertiary/aromatic N) is 1. The van der Waals surface area contributed by atoms with E-state index in [0.29, 0.717) is 31.1 Å². The lowest BCUT2D eigenvalue weighted by Crippen LogP contribution is -2.44. The summed E-state index contributed by atoms with van der Waals surface area (Å²) in [5.74, 6) is -0.590. The smallest absolute Gasteiger partial charge is 0.381 e. The van der Waals surface area contributed by atoms with Crippen LogP contribution in [0.25, 0.3) is 0 Å². The number of benzene rings is 1. The highest BCUT2D eigenvalue weighted by molar-refractivity contribution is 8.00. The van der Waals surface area contributed by atoms with Crippen LogP contribution in [0.4, 0.5) is 13.2 Å². The zero-order chi connectivity index (χ0) is 20.2. The molecule has 0 atom stereocenters. The molecule has 1 fully saturated rings. The predicted octanol–water partition coefficient (Wildman–Crippen LogP) is 4.83. The Balaban J connectivity index is 1.80. The van der Waals surface area contributed by atoms with Gasteiger partial charge in [-0.2, -0.15) is 13.2 Å². The van der Waals surface area contributed by atoms with Crippen molar-refractivity contribution in [2.75, 3.05) is 19.8 Å². The molecule has 0 radical (unpaired) electrons. The molecule has 0 aliphatic carbocycles. The number of amides is 1. The zero-order valence-corrected chi connectivity index (χ0v) is 16.3. The minimum Gasteiger partial charge on any atom is -0.381 e. The summed E-state index contributed by atoms with van der Waals surface area (Å²) in [4.78, 5) is 16.4. The third kappa shape index (κ3) is 5.18. The van der Waals surface area contributed by atoms with Gasteiger partial charge >= 0.3 is 5.51 Å². The first-order valence-electron chi connectivity index (χ1n) is 8.62. The van der Waals surface area contributed by atoms with Crippen LogP contribution in [0.2, 0.25) is 5.02 Å². The number of ether oxygens (including phenoxy) is 1. The quantitative estimate of drug-likeness (QED) is 0.690. The maximum Gasteiger partial charge on any atom is 0.447 e. The number of pyridine rings is 1. The number of alkyl halides is 3. The molecule has 1 aromatic carbocycles. The second-order valence-electron chi connectivity index (χ2n) is 6.49. The van der Waals surface area contributed by atoms with E-state index in [0.717, 1.165) is 5.56 Å². The molecule has 1 saturated heterocycles. The summed E-state index contributed by atoms with van der Waals surface area (Å²) < 4.78 is 43.7. The highest BCUT2D eigenvalue weighted by Gasteiger charge is 2.36. The average molecular weight is 431 g/mol. The van der Waals surface area contributed by atoms with Crippen molar-refractivity contribution >= 4 is 29.3 Å². The molecule has 9 heteroatoms. The van der Waals surface area contributed by atoms with Crippen LogP contribution < -0.4 is 5.32 Å². The number of aromatic nitrogens is 1. The summed E-state index contributed by atoms with van der Waals surface area (Å²) >= 11 is 5.74. The molecule has 4 nitrogen and oxygen atoms in total. The molecule has 0 saturated carbocycles. The summed E-state index contributed by atoms with van der Waals surface area (Å²) in [7, 11) is 0. The van der Waals surface area contributed by atoms with E-state index in [9.17, 15) is 18.0 Å². The number of rotatable bonds is 5. The van der Waals surface area contributed by atoms with Crippen LogP contribution in [-0.4, -0.2) is 36.2 Å². The Bertz CT molecular complexity index is 842. The maximum absolute atomic E-state index is 12.7. The summed E-state index contributed by atoms with van der Waals surface area (Å²) in [5, 5.41) is 3.02. The van der Waals surface area contributed by atoms with Crippen molar-refractivity contribution in [1.29, 1.82) is 0 Å². The number of carbonyl (C=O) groups excluding carboxylic acids is 1. The van der Waals surface area contributed by atoms with Crippen LogP contribution in [-0.2, 0) is 10.2 Å². The van der Waals surface area contributed by atoms with Crippen molar-refractivity contribution in [1.82, 2.24) is 10.3 Å². The largest absolute Gasteiger partial charge is 0.447 e. The Morgan fingerprint density at radius 3 is 2.68 bits per heavy atom. The van der Waals surface area contributed by atoms with Crippen molar-refractivity contribution in [3.63, 3.8) is 0 Å². The Morgan fingerprint density at radius 1 is 1.25 bits per heavy atom. The van der Waals surface area contributed by atoms with Gasteiger partial charge in [0.1, 0.15) is 5.03 Å². The third-order valence-corrected chi connectivity index (χ3v) is 5.69. The van der Waals surface area contributed by atoms with Gasteiger partial charge in [-0.05, 0) is 42.7 Å². The minimum atomic E-state index is -4.52. The maximum atomic E-state index is 12.7. The van der Waals surface area contributed by atoms with E-state index in [-0.39, 0.29) is 17.1 Å². The Hall–Kier alpha value is -1.77. The number of carbonyl (C=O) groups is 1. The van der Waals surface area contributed by atoms with Crippen molar-refractivity contribution < 1.29 is 22.7 Å². The van der Waals surface area contributed by atoms with E-state index in [2.05, 4.69) is 10.3 Å². The van der Waals surface area contributed by atoms with Gasteiger partial charge in [-0.25, -0.2) is 4.98 Å². The standard InChI is InChI=1S/C19H18ClF3N2O2S/c20-14-4-1-3-13(11-14)18(6-9-27-10-7-18)12-25-16(26)15-5-2-8-24-17(15)28-19(21,22)23/h1-5,8,11H,6-7,9-10,12H2,(H,25,26). The van der Waals surface area contributed by atoms with Crippen LogP contribution >= 0.6 is 23.4 Å². The van der Waals surface area contributed by atoms with Gasteiger partial charge in [-0.1, -0.05) is 23.7 Å². The van der Waals surface area contributed by atoms with E-state index < -0.39 is 28.6 Å². The number of nitrogens with one attached hydrogen (secondary N) is 1. The molecule has 28 heavy (non-hydrogen) atoms. The molecule has 0 unspecified atom stereocenters. The van der Waals surface area contributed by atoms with E-state index in [1.807, 2.05) is 18.2 Å². The van der Waals surface area contributed by atoms with Crippen LogP contribution in [0.1, 0.15) is 28.8 Å². The highest BCUT2D eigenvalue weighted by atomic mass is 35.5. The van der Waals surface area contributed by atoms with Gasteiger partial charge in [0, 0.05) is 48.2 Å². The molecule has 1 aliphatic heterocycles. The van der Waals surface area contributed by atoms with Crippen molar-refractivity contribution in [3.8, 4) is 0 Å². The van der Waals surface area contributed by atoms with E-state index >= 15 is 0 Å². The fourth-order valence-electron chi connectivity index (χ4n) is 3.25. The fraction of sp³-hybridized carbons (Fsp3) is 0.368. The average Bonchev–Trinajstić information content (AvgIpc) is 2.66. The van der Waals surface area contributed by atoms with Crippen molar-refractivity contribution in [3.05, 3.63) is 58.7 Å². The predicted molar refractivity (Wildman–Crippen MR) is 102 cm³/mol. The zero-order valence-electron chi connectivity index (χ0n) is 14.8. The van der Waals surface area contributed by atoms with Gasteiger partial charge in [-0.3, -0.25) is 4.79 Å². The molecular formula is C19H18ClF3N2O2S. The summed E-state index contributed by atoms with van der Waals surface area (Å²) in [6.07, 6.45) is 2.58. The highest BCUT2D eigenvalue weighted by Crippen LogP contribution is 2.38. The van der Waals surface area contributed by atoms with Crippen LogP contribution in [0.15, 0.2) is 47.6 Å².